The van der Waals surface area contributed by atoms with Crippen LogP contribution < -0.4 is 10.6 Å². The minimum absolute atomic E-state index is 0.106. The summed E-state index contributed by atoms with van der Waals surface area (Å²) in [6, 6.07) is 11.7. The predicted octanol–water partition coefficient (Wildman–Crippen LogP) is 3.32. The molecule has 0 spiro atoms. The van der Waals surface area contributed by atoms with Crippen LogP contribution in [0.15, 0.2) is 46.9 Å². The number of amides is 1. The number of benzene rings is 2. The first-order chi connectivity index (χ1) is 13.9. The minimum atomic E-state index is -0.557. The molecule has 0 bridgehead atoms. The molecule has 0 radical (unpaired) electrons. The Kier molecular flexibility index (Phi) is 7.26. The largest absolute Gasteiger partial charge is 0.379 e. The van der Waals surface area contributed by atoms with Crippen molar-refractivity contribution in [2.75, 3.05) is 31.6 Å². The summed E-state index contributed by atoms with van der Waals surface area (Å²) in [6.45, 7) is 4.21. The molecule has 0 aliphatic carbocycles. The number of non-ortho nitro benzene ring substituents is 1. The molecular weight excluding hydrogens is 460 g/mol. The number of nitro groups is 1. The van der Waals surface area contributed by atoms with E-state index in [2.05, 4.69) is 31.5 Å². The molecule has 2 aromatic rings. The molecule has 0 aromatic heterocycles. The Morgan fingerprint density at radius 1 is 1.21 bits per heavy atom. The summed E-state index contributed by atoms with van der Waals surface area (Å²) < 4.78 is 5.79. The van der Waals surface area contributed by atoms with Crippen molar-refractivity contribution in [3.8, 4) is 0 Å². The Morgan fingerprint density at radius 3 is 2.55 bits per heavy atom. The molecule has 152 valence electrons. The van der Waals surface area contributed by atoms with Crippen LogP contribution in [0.4, 0.5) is 11.4 Å². The maximum absolute atomic E-state index is 12.4. The van der Waals surface area contributed by atoms with Gasteiger partial charge in [-0.15, -0.1) is 0 Å². The van der Waals surface area contributed by atoms with E-state index in [4.69, 9.17) is 17.0 Å². The van der Waals surface area contributed by atoms with E-state index >= 15 is 0 Å². The van der Waals surface area contributed by atoms with Crippen molar-refractivity contribution < 1.29 is 14.5 Å². The molecule has 1 amide bonds. The molecule has 8 nitrogen and oxygen atoms in total. The van der Waals surface area contributed by atoms with Crippen LogP contribution in [0, 0.1) is 10.1 Å². The number of carbonyl (C=O) groups is 1. The second-order valence-electron chi connectivity index (χ2n) is 6.41. The molecule has 2 aromatic carbocycles. The van der Waals surface area contributed by atoms with Gasteiger partial charge in [0.2, 0.25) is 0 Å². The van der Waals surface area contributed by atoms with Crippen LogP contribution in [-0.2, 0) is 11.3 Å². The van der Waals surface area contributed by atoms with Crippen molar-refractivity contribution in [1.29, 1.82) is 0 Å². The molecule has 10 heteroatoms. The number of morpholine rings is 1. The van der Waals surface area contributed by atoms with E-state index in [1.54, 1.807) is 0 Å². The van der Waals surface area contributed by atoms with Crippen LogP contribution in [0.5, 0.6) is 0 Å². The molecule has 1 heterocycles. The fraction of sp³-hybridized carbons (Fsp3) is 0.263. The summed E-state index contributed by atoms with van der Waals surface area (Å²) in [4.78, 5) is 25.1. The third-order valence-corrected chi connectivity index (χ3v) is 5.25. The molecule has 1 aliphatic rings. The lowest BCUT2D eigenvalue weighted by Crippen LogP contribution is -2.35. The van der Waals surface area contributed by atoms with E-state index in [1.807, 2.05) is 24.3 Å². The van der Waals surface area contributed by atoms with Crippen LogP contribution in [0.2, 0.25) is 0 Å². The summed E-state index contributed by atoms with van der Waals surface area (Å²) in [6.07, 6.45) is 0. The van der Waals surface area contributed by atoms with Gasteiger partial charge in [0.25, 0.3) is 11.6 Å². The van der Waals surface area contributed by atoms with E-state index in [0.29, 0.717) is 4.47 Å². The first kappa shape index (κ1) is 21.3. The van der Waals surface area contributed by atoms with Gasteiger partial charge < -0.3 is 10.1 Å². The van der Waals surface area contributed by atoms with Gasteiger partial charge in [0.1, 0.15) is 0 Å². The molecule has 0 unspecified atom stereocenters. The fourth-order valence-electron chi connectivity index (χ4n) is 2.84. The Balaban J connectivity index is 1.57. The Morgan fingerprint density at radius 2 is 1.90 bits per heavy atom. The van der Waals surface area contributed by atoms with Crippen LogP contribution in [-0.4, -0.2) is 47.1 Å². The van der Waals surface area contributed by atoms with E-state index in [9.17, 15) is 14.9 Å². The van der Waals surface area contributed by atoms with Crippen molar-refractivity contribution in [2.45, 2.75) is 6.54 Å². The number of nitro benzene ring substituents is 1. The Hall–Kier alpha value is -2.40. The van der Waals surface area contributed by atoms with Gasteiger partial charge in [-0.05, 0) is 51.9 Å². The molecule has 1 fully saturated rings. The highest BCUT2D eigenvalue weighted by Gasteiger charge is 2.16. The summed E-state index contributed by atoms with van der Waals surface area (Å²) in [5.41, 5.74) is 1.87. The fourth-order valence-corrected chi connectivity index (χ4v) is 3.48. The van der Waals surface area contributed by atoms with E-state index in [-0.39, 0.29) is 16.4 Å². The number of anilines is 1. The minimum Gasteiger partial charge on any atom is -0.379 e. The third-order valence-electron chi connectivity index (χ3n) is 4.35. The molecule has 0 atom stereocenters. The van der Waals surface area contributed by atoms with Gasteiger partial charge in [0, 0.05) is 41.9 Å². The highest BCUT2D eigenvalue weighted by molar-refractivity contribution is 9.10. The maximum Gasteiger partial charge on any atom is 0.270 e. The van der Waals surface area contributed by atoms with Crippen molar-refractivity contribution in [3.63, 3.8) is 0 Å². The van der Waals surface area contributed by atoms with Crippen molar-refractivity contribution >= 4 is 50.5 Å². The van der Waals surface area contributed by atoms with E-state index in [1.165, 1.54) is 23.8 Å². The zero-order valence-electron chi connectivity index (χ0n) is 15.4. The van der Waals surface area contributed by atoms with Gasteiger partial charge in [0.05, 0.1) is 23.7 Å². The van der Waals surface area contributed by atoms with E-state index < -0.39 is 10.8 Å². The zero-order chi connectivity index (χ0) is 20.8. The lowest BCUT2D eigenvalue weighted by atomic mass is 10.2. The van der Waals surface area contributed by atoms with Gasteiger partial charge in [-0.3, -0.25) is 25.1 Å². The Labute approximate surface area is 181 Å². The third kappa shape index (κ3) is 6.04. The number of rotatable bonds is 5. The van der Waals surface area contributed by atoms with E-state index in [0.717, 1.165) is 38.5 Å². The van der Waals surface area contributed by atoms with Gasteiger partial charge in [-0.1, -0.05) is 12.1 Å². The number of thiocarbonyl (C=S) groups is 1. The van der Waals surface area contributed by atoms with Crippen LogP contribution in [0.1, 0.15) is 15.9 Å². The highest BCUT2D eigenvalue weighted by Crippen LogP contribution is 2.22. The normalized spacial score (nSPS) is 14.2. The van der Waals surface area contributed by atoms with Gasteiger partial charge in [0.15, 0.2) is 5.11 Å². The van der Waals surface area contributed by atoms with Gasteiger partial charge >= 0.3 is 0 Å². The monoisotopic (exact) mass is 478 g/mol. The van der Waals surface area contributed by atoms with Gasteiger partial charge in [-0.2, -0.15) is 0 Å². The second kappa shape index (κ2) is 9.88. The molecule has 1 saturated heterocycles. The molecule has 3 rings (SSSR count). The molecule has 0 saturated carbocycles. The summed E-state index contributed by atoms with van der Waals surface area (Å²) in [7, 11) is 0. The average molecular weight is 479 g/mol. The highest BCUT2D eigenvalue weighted by atomic mass is 79.9. The maximum atomic E-state index is 12.4. The van der Waals surface area contributed by atoms with Gasteiger partial charge in [-0.25, -0.2) is 0 Å². The molecule has 29 heavy (non-hydrogen) atoms. The SMILES string of the molecule is O=C(NC(=S)Nc1ccc(CN2CCOCC2)cc1)c1cc([N+](=O)[O-])ccc1Br. The molecule has 1 aliphatic heterocycles. The summed E-state index contributed by atoms with van der Waals surface area (Å²) in [5, 5.41) is 16.5. The number of hydrogen-bond donors (Lipinski definition) is 2. The molecule has 2 N–H and O–H groups in total. The standard InChI is InChI=1S/C19H19BrN4O4S/c20-17-6-5-15(24(26)27)11-16(17)18(25)22-19(29)21-14-3-1-13(2-4-14)12-23-7-9-28-10-8-23/h1-6,11H,7-10,12H2,(H2,21,22,25,29). The van der Waals surface area contributed by atoms with Crippen molar-refractivity contribution in [1.82, 2.24) is 10.2 Å². The zero-order valence-corrected chi connectivity index (χ0v) is 17.8. The molecular formula is C19H19BrN4O4S. The number of nitrogens with zero attached hydrogens (tertiary/aromatic N) is 2. The summed E-state index contributed by atoms with van der Waals surface area (Å²) >= 11 is 8.42. The first-order valence-corrected chi connectivity index (χ1v) is 10.1. The Bertz CT molecular complexity index is 917. The smallest absolute Gasteiger partial charge is 0.270 e. The van der Waals surface area contributed by atoms with Crippen LogP contribution in [0.3, 0.4) is 0 Å². The number of ether oxygens (including phenoxy) is 1. The van der Waals surface area contributed by atoms with Crippen molar-refractivity contribution in [3.05, 3.63) is 68.2 Å². The van der Waals surface area contributed by atoms with Crippen LogP contribution in [0.25, 0.3) is 0 Å². The quantitative estimate of drug-likeness (QED) is 0.386. The number of nitrogens with one attached hydrogen (secondary N) is 2. The number of halogens is 1. The second-order valence-corrected chi connectivity index (χ2v) is 7.68. The lowest BCUT2D eigenvalue weighted by molar-refractivity contribution is -0.384. The van der Waals surface area contributed by atoms with Crippen LogP contribution >= 0.6 is 28.1 Å². The lowest BCUT2D eigenvalue weighted by Gasteiger charge is -2.26. The average Bonchev–Trinajstić information content (AvgIpc) is 2.70. The number of carbonyl (C=O) groups excluding carboxylic acids is 1. The first-order valence-electron chi connectivity index (χ1n) is 8.87. The summed E-state index contributed by atoms with van der Waals surface area (Å²) in [5.74, 6) is -0.540. The topological polar surface area (TPSA) is 96.7 Å². The predicted molar refractivity (Wildman–Crippen MR) is 117 cm³/mol. The van der Waals surface area contributed by atoms with Crippen molar-refractivity contribution in [2.24, 2.45) is 0 Å². The number of hydrogen-bond acceptors (Lipinski definition) is 6.